The quantitative estimate of drug-likeness (QED) is 0.0384. The standard InChI is InChI=1S/C26H29N5O2.C15H14O3.C11H17N5/c1-31(2)15-14-27-26-23-17-21(10-13-24(23)29-30-26)28-25(32)16-19-8-11-22(12-9-19)33-18-20-6-4-3-5-7-20;16-15(17)10-12-6-8-14(9-7-12)18-11-13-4-2-1-3-5-13;1-16(2)6-5-13-11-9-7-8(12)3-4-10(9)14-15-11/h3-13,17H,14-16,18H2,1-2H3,(H,28,32)(H2,27,29,30);1-9H,10-11H2,(H,16,17);3-4,7H,5-6,12H2,1-2H3,(H2,13,14,15). The van der Waals surface area contributed by atoms with Crippen LogP contribution in [0.1, 0.15) is 22.3 Å². The molecule has 15 nitrogen and oxygen atoms in total. The van der Waals surface area contributed by atoms with Crippen molar-refractivity contribution < 1.29 is 24.2 Å². The van der Waals surface area contributed by atoms with E-state index in [1.807, 2.05) is 150 Å². The topological polar surface area (TPSA) is 199 Å². The summed E-state index contributed by atoms with van der Waals surface area (Å²) in [7, 11) is 8.15. The fourth-order valence-corrected chi connectivity index (χ4v) is 6.64. The Morgan fingerprint density at radius 1 is 0.582 bits per heavy atom. The molecule has 2 aromatic heterocycles. The third-order valence-corrected chi connectivity index (χ3v) is 10.2. The third-order valence-electron chi connectivity index (χ3n) is 10.2. The summed E-state index contributed by atoms with van der Waals surface area (Å²) in [4.78, 5) is 27.4. The molecule has 0 atom stereocenters. The molecule has 1 amide bonds. The zero-order valence-corrected chi connectivity index (χ0v) is 38.5. The maximum Gasteiger partial charge on any atom is 0.307 e. The van der Waals surface area contributed by atoms with Crippen LogP contribution in [0, 0.1) is 0 Å². The molecular weight excluding hydrogens is 845 g/mol. The van der Waals surface area contributed by atoms with Crippen LogP contribution in [0.3, 0.4) is 0 Å². The molecule has 0 unspecified atom stereocenters. The van der Waals surface area contributed by atoms with Gasteiger partial charge in [0.15, 0.2) is 11.6 Å². The number of hydrogen-bond donors (Lipinski definition) is 7. The number of carboxylic acid groups (broad SMARTS) is 1. The Balaban J connectivity index is 0.000000183. The van der Waals surface area contributed by atoms with E-state index < -0.39 is 5.97 Å². The van der Waals surface area contributed by atoms with Crippen LogP contribution in [-0.2, 0) is 35.6 Å². The lowest BCUT2D eigenvalue weighted by atomic mass is 10.1. The Bertz CT molecular complexity index is 2740. The molecule has 0 saturated carbocycles. The second kappa shape index (κ2) is 25.0. The molecule has 0 saturated heterocycles. The second-order valence-corrected chi connectivity index (χ2v) is 16.3. The fourth-order valence-electron chi connectivity index (χ4n) is 6.64. The van der Waals surface area contributed by atoms with E-state index in [1.54, 1.807) is 24.3 Å². The Labute approximate surface area is 391 Å². The maximum absolute atomic E-state index is 12.6. The number of aromatic nitrogens is 4. The Morgan fingerprint density at radius 3 is 1.52 bits per heavy atom. The van der Waals surface area contributed by atoms with Gasteiger partial charge >= 0.3 is 5.97 Å². The first-order valence-corrected chi connectivity index (χ1v) is 22.0. The third kappa shape index (κ3) is 16.3. The van der Waals surface area contributed by atoms with Gasteiger partial charge in [-0.15, -0.1) is 0 Å². The Morgan fingerprint density at radius 2 is 1.04 bits per heavy atom. The number of H-pyrrole nitrogens is 2. The zero-order chi connectivity index (χ0) is 47.4. The predicted octanol–water partition coefficient (Wildman–Crippen LogP) is 8.31. The molecule has 0 fully saturated rings. The number of rotatable bonds is 19. The highest BCUT2D eigenvalue weighted by Crippen LogP contribution is 2.25. The minimum absolute atomic E-state index is 0.0406. The molecule has 8 rings (SSSR count). The van der Waals surface area contributed by atoms with Crippen LogP contribution in [-0.4, -0.2) is 102 Å². The number of carbonyl (C=O) groups excluding carboxylic acids is 1. The summed E-state index contributed by atoms with van der Waals surface area (Å²) in [5, 5.41) is 34.8. The number of nitrogens with one attached hydrogen (secondary N) is 5. The highest BCUT2D eigenvalue weighted by atomic mass is 16.5. The molecule has 0 aliphatic rings. The van der Waals surface area contributed by atoms with Crippen molar-refractivity contribution in [3.63, 3.8) is 0 Å². The summed E-state index contributed by atoms with van der Waals surface area (Å²) in [6.45, 7) is 4.55. The molecule has 6 aromatic carbocycles. The van der Waals surface area contributed by atoms with Crippen molar-refractivity contribution in [2.24, 2.45) is 0 Å². The van der Waals surface area contributed by atoms with E-state index >= 15 is 0 Å². The van der Waals surface area contributed by atoms with Crippen molar-refractivity contribution in [1.82, 2.24) is 30.2 Å². The van der Waals surface area contributed by atoms with Gasteiger partial charge in [-0.3, -0.25) is 19.8 Å². The average molecular weight is 905 g/mol. The lowest BCUT2D eigenvalue weighted by molar-refractivity contribution is -0.136. The number of nitrogens with two attached hydrogens (primary N) is 1. The van der Waals surface area contributed by atoms with Crippen molar-refractivity contribution in [1.29, 1.82) is 0 Å². The number of fused-ring (bicyclic) bond motifs is 2. The number of amides is 1. The molecule has 0 radical (unpaired) electrons. The van der Waals surface area contributed by atoms with Crippen molar-refractivity contribution in [3.8, 4) is 11.5 Å². The van der Waals surface area contributed by atoms with Gasteiger partial charge in [0.2, 0.25) is 5.91 Å². The van der Waals surface area contributed by atoms with Gasteiger partial charge in [0.05, 0.1) is 23.9 Å². The molecule has 0 bridgehead atoms. The van der Waals surface area contributed by atoms with Crippen molar-refractivity contribution in [2.75, 3.05) is 76.1 Å². The van der Waals surface area contributed by atoms with E-state index in [0.717, 1.165) is 105 Å². The van der Waals surface area contributed by atoms with Gasteiger partial charge in [0.1, 0.15) is 24.7 Å². The zero-order valence-electron chi connectivity index (χ0n) is 38.5. The normalized spacial score (nSPS) is 10.8. The van der Waals surface area contributed by atoms with Crippen molar-refractivity contribution in [2.45, 2.75) is 26.1 Å². The van der Waals surface area contributed by atoms with Crippen molar-refractivity contribution in [3.05, 3.63) is 168 Å². The number of carbonyl (C=O) groups is 2. The molecule has 67 heavy (non-hydrogen) atoms. The van der Waals surface area contributed by atoms with Gasteiger partial charge in [0, 0.05) is 48.3 Å². The largest absolute Gasteiger partial charge is 0.489 e. The minimum Gasteiger partial charge on any atom is -0.489 e. The highest BCUT2D eigenvalue weighted by molar-refractivity contribution is 5.97. The van der Waals surface area contributed by atoms with Crippen LogP contribution in [0.5, 0.6) is 11.5 Å². The van der Waals surface area contributed by atoms with E-state index in [9.17, 15) is 9.59 Å². The number of anilines is 4. The average Bonchev–Trinajstić information content (AvgIpc) is 3.92. The molecule has 2 heterocycles. The van der Waals surface area contributed by atoms with E-state index in [4.69, 9.17) is 20.3 Å². The predicted molar refractivity (Wildman–Crippen MR) is 269 cm³/mol. The Kier molecular flexibility index (Phi) is 18.1. The number of nitrogens with zero attached hydrogens (tertiary/aromatic N) is 4. The smallest absolute Gasteiger partial charge is 0.307 e. The summed E-state index contributed by atoms with van der Waals surface area (Å²) in [6, 6.07) is 46.2. The van der Waals surface area contributed by atoms with Crippen LogP contribution in [0.2, 0.25) is 0 Å². The van der Waals surface area contributed by atoms with Gasteiger partial charge in [-0.2, -0.15) is 10.2 Å². The van der Waals surface area contributed by atoms with Gasteiger partial charge in [-0.1, -0.05) is 84.9 Å². The van der Waals surface area contributed by atoms with Crippen molar-refractivity contribution >= 4 is 56.7 Å². The minimum atomic E-state index is -0.826. The lowest BCUT2D eigenvalue weighted by Gasteiger charge is -2.10. The SMILES string of the molecule is CN(C)CCNc1n[nH]c2ccc(N)cc12.CN(C)CCNc1n[nH]c2ccc(NC(=O)Cc3ccc(OCc4ccccc4)cc3)cc12.O=C(O)Cc1ccc(OCc2ccccc2)cc1. The number of aliphatic carboxylic acids is 1. The second-order valence-electron chi connectivity index (χ2n) is 16.3. The molecular formula is C52H60N10O5. The molecule has 348 valence electrons. The van der Waals surface area contributed by atoms with E-state index in [0.29, 0.717) is 13.2 Å². The van der Waals surface area contributed by atoms with E-state index in [2.05, 4.69) is 46.1 Å². The Hall–Kier alpha value is -7.88. The van der Waals surface area contributed by atoms with Crippen LogP contribution in [0.4, 0.5) is 23.0 Å². The number of ether oxygens (including phenoxy) is 2. The molecule has 0 aliphatic heterocycles. The number of hydrogen-bond acceptors (Lipinski definition) is 11. The van der Waals surface area contributed by atoms with Crippen LogP contribution >= 0.6 is 0 Å². The highest BCUT2D eigenvalue weighted by Gasteiger charge is 2.10. The van der Waals surface area contributed by atoms with Crippen LogP contribution in [0.15, 0.2) is 146 Å². The summed E-state index contributed by atoms with van der Waals surface area (Å²) in [5.74, 6) is 2.28. The molecule has 0 spiro atoms. The number of likely N-dealkylation sites (N-methyl/N-ethyl adjacent to an activating group) is 2. The van der Waals surface area contributed by atoms with Gasteiger partial charge in [-0.05, 0) is 111 Å². The summed E-state index contributed by atoms with van der Waals surface area (Å²) in [6.07, 6.45) is 0.329. The summed E-state index contributed by atoms with van der Waals surface area (Å²) in [5.41, 5.74) is 13.1. The monoisotopic (exact) mass is 904 g/mol. The van der Waals surface area contributed by atoms with E-state index in [-0.39, 0.29) is 18.7 Å². The van der Waals surface area contributed by atoms with Crippen LogP contribution in [0.25, 0.3) is 21.8 Å². The fraction of sp³-hybridized carbons (Fsp3) is 0.231. The van der Waals surface area contributed by atoms with E-state index in [1.165, 1.54) is 0 Å². The first-order chi connectivity index (χ1) is 32.5. The molecule has 0 aliphatic carbocycles. The molecule has 8 aromatic rings. The molecule has 8 N–H and O–H groups in total. The molecule has 15 heteroatoms. The summed E-state index contributed by atoms with van der Waals surface area (Å²) < 4.78 is 11.4. The van der Waals surface area contributed by atoms with Gasteiger partial charge in [0.25, 0.3) is 0 Å². The number of aromatic amines is 2. The summed E-state index contributed by atoms with van der Waals surface area (Å²) >= 11 is 0. The number of carboxylic acids is 1. The van der Waals surface area contributed by atoms with Gasteiger partial charge in [-0.25, -0.2) is 0 Å². The first kappa shape index (κ1) is 48.6. The lowest BCUT2D eigenvalue weighted by Crippen LogP contribution is -2.20. The number of benzene rings is 6. The first-order valence-electron chi connectivity index (χ1n) is 22.0. The maximum atomic E-state index is 12.6. The van der Waals surface area contributed by atoms with Gasteiger partial charge < -0.3 is 46.1 Å². The number of nitrogen functional groups attached to an aromatic ring is 1. The van der Waals surface area contributed by atoms with Crippen LogP contribution < -0.4 is 31.2 Å².